The van der Waals surface area contributed by atoms with Gasteiger partial charge in [-0.3, -0.25) is 14.4 Å². The van der Waals surface area contributed by atoms with Crippen LogP contribution in [-0.4, -0.2) is 50.8 Å². The molecule has 0 aliphatic heterocycles. The van der Waals surface area contributed by atoms with Gasteiger partial charge in [0, 0.05) is 17.8 Å². The molecular formula is C23H26N4O6. The first kappa shape index (κ1) is 24.9. The van der Waals surface area contributed by atoms with Crippen LogP contribution in [0.3, 0.4) is 0 Å². The fourth-order valence-electron chi connectivity index (χ4n) is 2.54. The predicted molar refractivity (Wildman–Crippen MR) is 124 cm³/mol. The molecule has 0 radical (unpaired) electrons. The zero-order valence-electron chi connectivity index (χ0n) is 18.4. The molecule has 2 rings (SSSR count). The van der Waals surface area contributed by atoms with Crippen molar-refractivity contribution < 1.29 is 28.6 Å². The van der Waals surface area contributed by atoms with E-state index in [1.165, 1.54) is 19.4 Å². The minimum absolute atomic E-state index is 0.155. The summed E-state index contributed by atoms with van der Waals surface area (Å²) in [5, 5.41) is 8.82. The highest BCUT2D eigenvalue weighted by Crippen LogP contribution is 2.30. The number of hydrazone groups is 1. The molecule has 0 saturated heterocycles. The van der Waals surface area contributed by atoms with Gasteiger partial charge in [-0.05, 0) is 43.3 Å². The van der Waals surface area contributed by atoms with Gasteiger partial charge < -0.3 is 24.8 Å². The number of nitrogens with one attached hydrogen (secondary N) is 3. The summed E-state index contributed by atoms with van der Waals surface area (Å²) in [5.41, 5.74) is 3.13. The van der Waals surface area contributed by atoms with Crippen molar-refractivity contribution in [2.45, 2.75) is 6.92 Å². The Kier molecular flexibility index (Phi) is 9.94. The second kappa shape index (κ2) is 13.2. The van der Waals surface area contributed by atoms with Gasteiger partial charge in [-0.15, -0.1) is 6.58 Å². The molecule has 0 aliphatic carbocycles. The highest BCUT2D eigenvalue weighted by atomic mass is 16.5. The van der Waals surface area contributed by atoms with Gasteiger partial charge in [0.25, 0.3) is 5.91 Å². The maximum absolute atomic E-state index is 12.3. The number of hydrogen-bond acceptors (Lipinski definition) is 7. The van der Waals surface area contributed by atoms with Crippen molar-refractivity contribution in [3.63, 3.8) is 0 Å². The monoisotopic (exact) mass is 454 g/mol. The van der Waals surface area contributed by atoms with Crippen molar-refractivity contribution >= 4 is 29.6 Å². The van der Waals surface area contributed by atoms with Gasteiger partial charge in [-0.1, -0.05) is 12.1 Å². The Hall–Kier alpha value is -4.34. The lowest BCUT2D eigenvalue weighted by molar-refractivity contribution is -0.139. The molecule has 174 valence electrons. The summed E-state index contributed by atoms with van der Waals surface area (Å²) >= 11 is 0. The van der Waals surface area contributed by atoms with E-state index in [0.717, 1.165) is 0 Å². The summed E-state index contributed by atoms with van der Waals surface area (Å²) in [4.78, 5) is 35.6. The second-order valence-corrected chi connectivity index (χ2v) is 6.37. The summed E-state index contributed by atoms with van der Waals surface area (Å²) in [6, 6.07) is 11.9. The van der Waals surface area contributed by atoms with Crippen molar-refractivity contribution in [1.82, 2.24) is 10.7 Å². The summed E-state index contributed by atoms with van der Waals surface area (Å²) in [6.45, 7) is 5.74. The van der Waals surface area contributed by atoms with Crippen LogP contribution in [-0.2, 0) is 14.4 Å². The molecule has 0 fully saturated rings. The average Bonchev–Trinajstić information content (AvgIpc) is 2.82. The highest BCUT2D eigenvalue weighted by Gasteiger charge is 2.13. The van der Waals surface area contributed by atoms with E-state index in [1.54, 1.807) is 42.5 Å². The van der Waals surface area contributed by atoms with Crippen LogP contribution >= 0.6 is 0 Å². The third-order valence-electron chi connectivity index (χ3n) is 4.01. The smallest absolute Gasteiger partial charge is 0.329 e. The van der Waals surface area contributed by atoms with Crippen LogP contribution < -0.4 is 30.3 Å². The molecule has 33 heavy (non-hydrogen) atoms. The quantitative estimate of drug-likeness (QED) is 0.206. The van der Waals surface area contributed by atoms with Gasteiger partial charge in [0.05, 0.1) is 19.9 Å². The van der Waals surface area contributed by atoms with Gasteiger partial charge in [-0.2, -0.15) is 5.10 Å². The summed E-state index contributed by atoms with van der Waals surface area (Å²) in [5.74, 6) is -0.859. The zero-order valence-corrected chi connectivity index (χ0v) is 18.4. The molecule has 0 aromatic heterocycles. The number of amides is 3. The van der Waals surface area contributed by atoms with Gasteiger partial charge in [0.15, 0.2) is 18.1 Å². The highest BCUT2D eigenvalue weighted by molar-refractivity contribution is 6.35. The number of rotatable bonds is 11. The average molecular weight is 454 g/mol. The molecule has 0 spiro atoms. The summed E-state index contributed by atoms with van der Waals surface area (Å²) < 4.78 is 16.3. The van der Waals surface area contributed by atoms with E-state index in [2.05, 4.69) is 27.7 Å². The fraction of sp³-hybridized carbons (Fsp3) is 0.217. The second-order valence-electron chi connectivity index (χ2n) is 6.37. The minimum Gasteiger partial charge on any atom is -0.494 e. The van der Waals surface area contributed by atoms with Crippen LogP contribution in [0.25, 0.3) is 0 Å². The number of nitrogens with zero attached hydrogens (tertiary/aromatic N) is 1. The van der Waals surface area contributed by atoms with Gasteiger partial charge in [0.1, 0.15) is 5.75 Å². The first-order chi connectivity index (χ1) is 16.0. The van der Waals surface area contributed by atoms with E-state index in [9.17, 15) is 14.4 Å². The molecule has 3 N–H and O–H groups in total. The third-order valence-corrected chi connectivity index (χ3v) is 4.01. The van der Waals surface area contributed by atoms with E-state index in [0.29, 0.717) is 29.4 Å². The van der Waals surface area contributed by atoms with Crippen LogP contribution in [0.2, 0.25) is 0 Å². The third kappa shape index (κ3) is 8.02. The Morgan fingerprint density at radius 3 is 2.48 bits per heavy atom. The lowest BCUT2D eigenvalue weighted by Crippen LogP contribution is -2.37. The molecule has 2 aromatic rings. The van der Waals surface area contributed by atoms with Crippen LogP contribution in [0.1, 0.15) is 12.5 Å². The maximum Gasteiger partial charge on any atom is 0.329 e. The molecule has 0 unspecified atom stereocenters. The topological polar surface area (TPSA) is 127 Å². The Labute approximate surface area is 191 Å². The molecule has 0 aliphatic rings. The van der Waals surface area contributed by atoms with E-state index in [4.69, 9.17) is 14.2 Å². The molecule has 10 heteroatoms. The predicted octanol–water partition coefficient (Wildman–Crippen LogP) is 1.86. The summed E-state index contributed by atoms with van der Waals surface area (Å²) in [6.07, 6.45) is 2.72. The Morgan fingerprint density at radius 1 is 1.06 bits per heavy atom. The van der Waals surface area contributed by atoms with E-state index in [-0.39, 0.29) is 24.8 Å². The summed E-state index contributed by atoms with van der Waals surface area (Å²) in [7, 11) is 1.45. The zero-order chi connectivity index (χ0) is 24.1. The van der Waals surface area contributed by atoms with Crippen molar-refractivity contribution in [2.75, 3.05) is 32.2 Å². The molecule has 10 nitrogen and oxygen atoms in total. The molecule has 0 bridgehead atoms. The van der Waals surface area contributed by atoms with E-state index in [1.807, 2.05) is 6.92 Å². The van der Waals surface area contributed by atoms with Crippen LogP contribution in [0, 0.1) is 0 Å². The molecule has 2 aromatic carbocycles. The number of hydrogen-bond donors (Lipinski definition) is 3. The molecule has 0 atom stereocenters. The molecule has 0 saturated carbocycles. The Balaban J connectivity index is 2.01. The van der Waals surface area contributed by atoms with Crippen LogP contribution in [0.15, 0.2) is 60.2 Å². The molecular weight excluding hydrogens is 428 g/mol. The number of carbonyl (C=O) groups excluding carboxylic acids is 3. The molecule has 3 amide bonds. The lowest BCUT2D eigenvalue weighted by Gasteiger charge is -2.13. The SMILES string of the molecule is C=CCNC(=O)C(=O)N/N=C\c1cccc(OC)c1OCC(=O)Nc1ccc(OCC)cc1. The van der Waals surface area contributed by atoms with Crippen molar-refractivity contribution in [2.24, 2.45) is 5.10 Å². The Bertz CT molecular complexity index is 1000. The Morgan fingerprint density at radius 2 is 1.82 bits per heavy atom. The first-order valence-electron chi connectivity index (χ1n) is 10.0. The van der Waals surface area contributed by atoms with Crippen molar-refractivity contribution in [3.8, 4) is 17.2 Å². The fourth-order valence-corrected chi connectivity index (χ4v) is 2.54. The lowest BCUT2D eigenvalue weighted by atomic mass is 10.2. The standard InChI is InChI=1S/C23H26N4O6/c1-4-13-24-22(29)23(30)27-25-14-16-7-6-8-19(31-3)21(16)33-15-20(28)26-17-9-11-18(12-10-17)32-5-2/h4,6-12,14H,1,5,13,15H2,2-3H3,(H,24,29)(H,26,28)(H,27,30)/b25-14-. The maximum atomic E-state index is 12.3. The van der Waals surface area contributed by atoms with Crippen LogP contribution in [0.4, 0.5) is 5.69 Å². The van der Waals surface area contributed by atoms with Crippen molar-refractivity contribution in [1.29, 1.82) is 0 Å². The van der Waals surface area contributed by atoms with E-state index >= 15 is 0 Å². The number of carbonyl (C=O) groups is 3. The van der Waals surface area contributed by atoms with Gasteiger partial charge in [0.2, 0.25) is 0 Å². The first-order valence-corrected chi connectivity index (χ1v) is 10.0. The van der Waals surface area contributed by atoms with Gasteiger partial charge in [-0.25, -0.2) is 5.43 Å². The molecule has 0 heterocycles. The number of ether oxygens (including phenoxy) is 3. The van der Waals surface area contributed by atoms with Crippen molar-refractivity contribution in [3.05, 3.63) is 60.7 Å². The van der Waals surface area contributed by atoms with Crippen LogP contribution in [0.5, 0.6) is 17.2 Å². The minimum atomic E-state index is -0.937. The number of benzene rings is 2. The number of methoxy groups -OCH3 is 1. The van der Waals surface area contributed by atoms with Gasteiger partial charge >= 0.3 is 11.8 Å². The number of para-hydroxylation sites is 1. The van der Waals surface area contributed by atoms with E-state index < -0.39 is 11.8 Å². The number of anilines is 1. The largest absolute Gasteiger partial charge is 0.494 e. The normalized spacial score (nSPS) is 10.2.